The van der Waals surface area contributed by atoms with Crippen molar-refractivity contribution in [1.29, 1.82) is 0 Å². The van der Waals surface area contributed by atoms with E-state index in [4.69, 9.17) is 28.8 Å². The number of nitrogens with zero attached hydrogens (tertiary/aromatic N) is 3. The molecule has 0 aliphatic carbocycles. The van der Waals surface area contributed by atoms with Gasteiger partial charge in [0.25, 0.3) is 5.69 Å². The molecule has 1 aliphatic heterocycles. The average molecular weight is 920 g/mol. The largest absolute Gasteiger partial charge is 0.379 e. The number of nitro benzene ring substituents is 1. The normalized spacial score (nSPS) is 15.9. The molecule has 21 heteroatoms. The van der Waals surface area contributed by atoms with Crippen LogP contribution >= 0.6 is 11.3 Å². The Labute approximate surface area is 372 Å². The number of rotatable bonds is 27. The smallest absolute Gasteiger partial charge is 0.293 e. The number of nitro groups is 1. The number of carbonyl (C=O) groups is 3. The lowest BCUT2D eigenvalue weighted by molar-refractivity contribution is -0.384. The zero-order chi connectivity index (χ0) is 46.0. The third kappa shape index (κ3) is 16.8. The number of nitrogens with one attached hydrogen (secondary N) is 3. The highest BCUT2D eigenvalue weighted by molar-refractivity contribution is 7.89. The lowest BCUT2D eigenvalue weighted by atomic mass is 9.85. The molecule has 2 aromatic carbocycles. The molecule has 1 fully saturated rings. The number of hydrogen-bond acceptors (Lipinski definition) is 15. The van der Waals surface area contributed by atoms with Crippen LogP contribution in [0, 0.1) is 28.4 Å². The molecule has 348 valence electrons. The molecule has 1 saturated heterocycles. The number of aromatic nitrogens is 1. The molecule has 0 bridgehead atoms. The molecular formula is C42H61N7O12S2. The minimum Gasteiger partial charge on any atom is -0.379 e. The van der Waals surface area contributed by atoms with Crippen LogP contribution in [0.4, 0.5) is 11.4 Å². The van der Waals surface area contributed by atoms with E-state index in [1.165, 1.54) is 12.1 Å². The number of amides is 3. The highest BCUT2D eigenvalue weighted by atomic mass is 32.2. The first-order valence-corrected chi connectivity index (χ1v) is 23.2. The molecule has 0 spiro atoms. The van der Waals surface area contributed by atoms with Crippen LogP contribution in [-0.4, -0.2) is 132 Å². The monoisotopic (exact) mass is 919 g/mol. The van der Waals surface area contributed by atoms with Crippen LogP contribution in [0.15, 0.2) is 52.9 Å². The van der Waals surface area contributed by atoms with Crippen molar-refractivity contribution < 1.29 is 51.4 Å². The van der Waals surface area contributed by atoms with Gasteiger partial charge < -0.3 is 44.5 Å². The summed E-state index contributed by atoms with van der Waals surface area (Å²) in [5.74, 6) is -0.700. The Morgan fingerprint density at radius 2 is 1.52 bits per heavy atom. The van der Waals surface area contributed by atoms with Crippen molar-refractivity contribution in [2.75, 3.05) is 84.5 Å². The number of aryl methyl sites for hydroxylation is 1. The lowest BCUT2D eigenvalue weighted by Crippen LogP contribution is -2.57. The quantitative estimate of drug-likeness (QED) is 0.0484. The molecule has 2 heterocycles. The van der Waals surface area contributed by atoms with Crippen molar-refractivity contribution in [3.05, 3.63) is 69.3 Å². The molecule has 1 unspecified atom stereocenters. The number of nitrogens with two attached hydrogens (primary N) is 1. The molecule has 19 nitrogen and oxygen atoms in total. The van der Waals surface area contributed by atoms with Crippen LogP contribution < -0.4 is 21.1 Å². The Balaban J connectivity index is 1.02. The van der Waals surface area contributed by atoms with Gasteiger partial charge in [-0.1, -0.05) is 52.0 Å². The van der Waals surface area contributed by atoms with Crippen molar-refractivity contribution in [3.63, 3.8) is 0 Å². The van der Waals surface area contributed by atoms with Crippen molar-refractivity contribution in [2.45, 2.75) is 71.0 Å². The summed E-state index contributed by atoms with van der Waals surface area (Å²) >= 11 is 1.59. The standard InChI is InChI=1S/C42H61N7O12S2/c1-29-24-36(40(51)45-26-31-6-8-32(9-7-31)38-30(2)46-28-62-38)48(27-29)41(52)39(42(3,4)5)47-37(50)12-14-57-16-18-59-20-22-61-23-21-60-19-17-58-15-13-44-34-11-10-33(63(43,55)56)25-35(34)49(53)54/h6-11,25,28-29,36,39,44H,12-24,26-27H2,1-5H3,(H,45,51)(H,47,50)(H2,43,55,56)/t29-,36+,39?/m1/s1. The van der Waals surface area contributed by atoms with Crippen molar-refractivity contribution in [2.24, 2.45) is 16.5 Å². The predicted molar refractivity (Wildman–Crippen MR) is 236 cm³/mol. The van der Waals surface area contributed by atoms with E-state index in [1.807, 2.05) is 64.4 Å². The zero-order valence-electron chi connectivity index (χ0n) is 36.6. The van der Waals surface area contributed by atoms with E-state index < -0.39 is 38.1 Å². The van der Waals surface area contributed by atoms with Gasteiger partial charge in [0.15, 0.2) is 0 Å². The van der Waals surface area contributed by atoms with Gasteiger partial charge in [0.05, 0.1) is 92.0 Å². The molecule has 5 N–H and O–H groups in total. The second-order valence-corrected chi connectivity index (χ2v) is 18.5. The molecule has 3 aromatic rings. The van der Waals surface area contributed by atoms with E-state index in [1.54, 1.807) is 16.2 Å². The summed E-state index contributed by atoms with van der Waals surface area (Å²) in [6.45, 7) is 13.6. The van der Waals surface area contributed by atoms with Crippen LogP contribution in [-0.2, 0) is 54.6 Å². The summed E-state index contributed by atoms with van der Waals surface area (Å²) in [6.07, 6.45) is 0.589. The van der Waals surface area contributed by atoms with E-state index in [0.29, 0.717) is 65.8 Å². The third-order valence-electron chi connectivity index (χ3n) is 9.96. The molecule has 0 saturated carbocycles. The molecule has 1 aliphatic rings. The number of anilines is 1. The summed E-state index contributed by atoms with van der Waals surface area (Å²) < 4.78 is 50.5. The summed E-state index contributed by atoms with van der Waals surface area (Å²) in [6, 6.07) is 9.90. The summed E-state index contributed by atoms with van der Waals surface area (Å²) in [7, 11) is -4.07. The fourth-order valence-corrected chi connectivity index (χ4v) is 7.98. The molecule has 0 radical (unpaired) electrons. The molecule has 63 heavy (non-hydrogen) atoms. The van der Waals surface area contributed by atoms with Gasteiger partial charge in [-0.25, -0.2) is 18.5 Å². The lowest BCUT2D eigenvalue weighted by Gasteiger charge is -2.35. The Kier molecular flexibility index (Phi) is 20.3. The van der Waals surface area contributed by atoms with Crippen molar-refractivity contribution in [3.8, 4) is 10.4 Å². The summed E-state index contributed by atoms with van der Waals surface area (Å²) in [5.41, 5.74) is 3.95. The number of hydrogen-bond donors (Lipinski definition) is 4. The van der Waals surface area contributed by atoms with Crippen molar-refractivity contribution in [1.82, 2.24) is 20.5 Å². The number of carbonyl (C=O) groups excluding carboxylic acids is 3. The first-order chi connectivity index (χ1) is 30.0. The SMILES string of the molecule is Cc1ncsc1-c1ccc(CNC(=O)[C@@H]2C[C@@H](C)CN2C(=O)C(NC(=O)CCOCCOCCOCCOCCOCCNc2ccc(S(N)(=O)=O)cc2[N+](=O)[O-])C(C)(C)C)cc1. The van der Waals surface area contributed by atoms with Crippen LogP contribution in [0.25, 0.3) is 10.4 Å². The minimum atomic E-state index is -4.07. The summed E-state index contributed by atoms with van der Waals surface area (Å²) in [4.78, 5) is 57.7. The van der Waals surface area contributed by atoms with Gasteiger partial charge in [0, 0.05) is 32.1 Å². The van der Waals surface area contributed by atoms with E-state index >= 15 is 0 Å². The topological polar surface area (TPSA) is 253 Å². The van der Waals surface area contributed by atoms with Gasteiger partial charge in [0.1, 0.15) is 17.8 Å². The van der Waals surface area contributed by atoms with E-state index in [-0.39, 0.29) is 67.0 Å². The van der Waals surface area contributed by atoms with Crippen molar-refractivity contribution >= 4 is 50.5 Å². The zero-order valence-corrected chi connectivity index (χ0v) is 38.2. The van der Waals surface area contributed by atoms with Crippen LogP contribution in [0.2, 0.25) is 0 Å². The number of likely N-dealkylation sites (tertiary alicyclic amines) is 1. The first kappa shape index (κ1) is 51.0. The van der Waals surface area contributed by atoms with E-state index in [0.717, 1.165) is 27.8 Å². The minimum absolute atomic E-state index is 0.0528. The van der Waals surface area contributed by atoms with E-state index in [2.05, 4.69) is 20.9 Å². The van der Waals surface area contributed by atoms with Gasteiger partial charge >= 0.3 is 0 Å². The molecule has 3 amide bonds. The molecule has 3 atom stereocenters. The van der Waals surface area contributed by atoms with Gasteiger partial charge in [-0.15, -0.1) is 11.3 Å². The third-order valence-corrected chi connectivity index (χ3v) is 11.8. The maximum Gasteiger partial charge on any atom is 0.293 e. The Hall–Kier alpha value is -4.61. The number of sulfonamides is 1. The number of primary sulfonamides is 1. The maximum atomic E-state index is 14.0. The van der Waals surface area contributed by atoms with Gasteiger partial charge in [0.2, 0.25) is 27.7 Å². The second kappa shape index (κ2) is 25.0. The fourth-order valence-electron chi connectivity index (χ4n) is 6.64. The molecule has 4 rings (SSSR count). The van der Waals surface area contributed by atoms with Gasteiger partial charge in [-0.2, -0.15) is 0 Å². The Bertz CT molecular complexity index is 2060. The Morgan fingerprint density at radius 3 is 2.06 bits per heavy atom. The molecular weight excluding hydrogens is 859 g/mol. The number of thiazole rings is 1. The van der Waals surface area contributed by atoms with Crippen LogP contribution in [0.5, 0.6) is 0 Å². The Morgan fingerprint density at radius 1 is 0.937 bits per heavy atom. The highest BCUT2D eigenvalue weighted by Gasteiger charge is 2.43. The maximum absolute atomic E-state index is 14.0. The predicted octanol–water partition coefficient (Wildman–Crippen LogP) is 3.64. The van der Waals surface area contributed by atoms with Gasteiger partial charge in [-0.3, -0.25) is 24.5 Å². The molecule has 1 aromatic heterocycles. The van der Waals surface area contributed by atoms with Gasteiger partial charge in [-0.05, 0) is 47.9 Å². The average Bonchev–Trinajstić information content (AvgIpc) is 3.85. The van der Waals surface area contributed by atoms with E-state index in [9.17, 15) is 32.9 Å². The summed E-state index contributed by atoms with van der Waals surface area (Å²) in [5, 5.41) is 25.1. The van der Waals surface area contributed by atoms with Crippen LogP contribution in [0.3, 0.4) is 0 Å². The number of benzene rings is 2. The highest BCUT2D eigenvalue weighted by Crippen LogP contribution is 2.30. The second-order valence-electron chi connectivity index (χ2n) is 16.1. The number of ether oxygens (including phenoxy) is 5. The fraction of sp³-hybridized carbons (Fsp3) is 0.571. The van der Waals surface area contributed by atoms with Crippen LogP contribution in [0.1, 0.15) is 51.8 Å². The first-order valence-electron chi connectivity index (χ1n) is 20.8.